The molecule has 1 aliphatic rings. The maximum Gasteiger partial charge on any atom is 0.371 e. The van der Waals surface area contributed by atoms with Crippen molar-refractivity contribution in [1.29, 1.82) is 0 Å². The van der Waals surface area contributed by atoms with Gasteiger partial charge in [-0.1, -0.05) is 27.7 Å². The van der Waals surface area contributed by atoms with E-state index < -0.39 is 5.97 Å². The van der Waals surface area contributed by atoms with Crippen molar-refractivity contribution in [1.82, 2.24) is 0 Å². The highest BCUT2D eigenvalue weighted by molar-refractivity contribution is 9.10. The topological polar surface area (TPSA) is 59.7 Å². The molecule has 1 aromatic heterocycles. The quantitative estimate of drug-likeness (QED) is 0.845. The fraction of sp³-hybridized carbons (Fsp3) is 0.214. The summed E-state index contributed by atoms with van der Waals surface area (Å²) in [6, 6.07) is 9.12. The zero-order chi connectivity index (χ0) is 14.1. The summed E-state index contributed by atoms with van der Waals surface area (Å²) < 4.78 is 12.1. The summed E-state index contributed by atoms with van der Waals surface area (Å²) >= 11 is 4.91. The van der Waals surface area contributed by atoms with Crippen LogP contribution in [0.5, 0.6) is 5.75 Å². The first-order valence-electron chi connectivity index (χ1n) is 6.03. The average molecular weight is 355 g/mol. The molecule has 0 aliphatic carbocycles. The monoisotopic (exact) mass is 354 g/mol. The Morgan fingerprint density at radius 3 is 3.00 bits per heavy atom. The van der Waals surface area contributed by atoms with E-state index in [4.69, 9.17) is 14.3 Å². The summed E-state index contributed by atoms with van der Waals surface area (Å²) in [5.41, 5.74) is 1.19. The first-order valence-corrected chi connectivity index (χ1v) is 7.80. The molecule has 0 spiro atoms. The fourth-order valence-corrected chi connectivity index (χ4v) is 3.33. The highest BCUT2D eigenvalue weighted by Crippen LogP contribution is 2.33. The molecule has 0 fully saturated rings. The number of furan rings is 1. The van der Waals surface area contributed by atoms with Gasteiger partial charge in [0.15, 0.2) is 5.09 Å². The minimum atomic E-state index is -1.05. The van der Waals surface area contributed by atoms with Gasteiger partial charge in [-0.05, 0) is 35.9 Å². The molecule has 1 aromatic carbocycles. The summed E-state index contributed by atoms with van der Waals surface area (Å²) in [6.07, 6.45) is 0.941. The number of hydrogen-bond acceptors (Lipinski definition) is 4. The number of halogens is 1. The maximum absolute atomic E-state index is 10.7. The van der Waals surface area contributed by atoms with Crippen LogP contribution in [0.2, 0.25) is 0 Å². The van der Waals surface area contributed by atoms with Crippen molar-refractivity contribution < 1.29 is 19.1 Å². The van der Waals surface area contributed by atoms with Gasteiger partial charge in [-0.15, -0.1) is 0 Å². The molecule has 0 bridgehead atoms. The number of fused-ring (bicyclic) bond motifs is 1. The first-order chi connectivity index (χ1) is 9.61. The molecule has 0 saturated heterocycles. The number of thioether (sulfide) groups is 1. The second kappa shape index (κ2) is 5.54. The van der Waals surface area contributed by atoms with Crippen molar-refractivity contribution in [2.75, 3.05) is 5.75 Å². The van der Waals surface area contributed by atoms with Crippen LogP contribution < -0.4 is 4.74 Å². The van der Waals surface area contributed by atoms with Gasteiger partial charge in [0.05, 0.1) is 0 Å². The average Bonchev–Trinajstić information content (AvgIpc) is 3.01. The van der Waals surface area contributed by atoms with Crippen molar-refractivity contribution in [3.05, 3.63) is 46.1 Å². The molecular weight excluding hydrogens is 344 g/mol. The van der Waals surface area contributed by atoms with Crippen molar-refractivity contribution >= 4 is 33.7 Å². The smallest absolute Gasteiger partial charge is 0.371 e. The van der Waals surface area contributed by atoms with Crippen LogP contribution in [-0.4, -0.2) is 22.9 Å². The number of benzene rings is 1. The summed E-state index contributed by atoms with van der Waals surface area (Å²) in [7, 11) is 0. The number of aromatic carboxylic acids is 1. The van der Waals surface area contributed by atoms with Crippen LogP contribution in [-0.2, 0) is 6.42 Å². The van der Waals surface area contributed by atoms with E-state index >= 15 is 0 Å². The van der Waals surface area contributed by atoms with Crippen LogP contribution in [0.3, 0.4) is 0 Å². The van der Waals surface area contributed by atoms with Gasteiger partial charge in [0.25, 0.3) is 0 Å². The summed E-state index contributed by atoms with van der Waals surface area (Å²) in [4.78, 5) is 10.7. The lowest BCUT2D eigenvalue weighted by molar-refractivity contribution is 0.0656. The van der Waals surface area contributed by atoms with E-state index in [0.717, 1.165) is 22.4 Å². The lowest BCUT2D eigenvalue weighted by Crippen LogP contribution is -2.15. The Labute approximate surface area is 128 Å². The molecule has 104 valence electrons. The van der Waals surface area contributed by atoms with E-state index in [2.05, 4.69) is 22.0 Å². The Balaban J connectivity index is 1.59. The third kappa shape index (κ3) is 2.86. The van der Waals surface area contributed by atoms with Crippen LogP contribution in [0, 0.1) is 0 Å². The van der Waals surface area contributed by atoms with Gasteiger partial charge in [0, 0.05) is 16.6 Å². The molecule has 2 heterocycles. The lowest BCUT2D eigenvalue weighted by Gasteiger charge is -2.08. The Morgan fingerprint density at radius 2 is 2.25 bits per heavy atom. The van der Waals surface area contributed by atoms with Crippen LogP contribution >= 0.6 is 27.7 Å². The molecule has 1 N–H and O–H groups in total. The Kier molecular flexibility index (Phi) is 3.76. The summed E-state index contributed by atoms with van der Waals surface area (Å²) in [5, 5.41) is 9.39. The molecule has 20 heavy (non-hydrogen) atoms. The molecule has 3 rings (SSSR count). The number of carboxylic acids is 1. The van der Waals surface area contributed by atoms with Gasteiger partial charge in [0.1, 0.15) is 11.9 Å². The van der Waals surface area contributed by atoms with Crippen molar-refractivity contribution in [3.63, 3.8) is 0 Å². The number of rotatable bonds is 4. The predicted octanol–water partition coefficient (Wildman–Crippen LogP) is 3.84. The highest BCUT2D eigenvalue weighted by atomic mass is 79.9. The Bertz CT molecular complexity index is 652. The Morgan fingerprint density at radius 1 is 1.40 bits per heavy atom. The molecule has 0 saturated carbocycles. The van der Waals surface area contributed by atoms with E-state index in [1.54, 1.807) is 6.07 Å². The van der Waals surface area contributed by atoms with Crippen molar-refractivity contribution in [3.8, 4) is 5.75 Å². The van der Waals surface area contributed by atoms with Crippen molar-refractivity contribution in [2.24, 2.45) is 0 Å². The molecule has 6 heteroatoms. The van der Waals surface area contributed by atoms with Gasteiger partial charge in [-0.2, -0.15) is 0 Å². The standard InChI is InChI=1S/C14H11BrO4S/c15-9-1-2-11-8(5-9)6-10(18-11)7-20-13-4-3-12(19-13)14(16)17/h1-5,10H,6-7H2,(H,16,17). The normalized spacial score (nSPS) is 16.8. The number of carbonyl (C=O) groups is 1. The van der Waals surface area contributed by atoms with Gasteiger partial charge in [-0.25, -0.2) is 4.79 Å². The second-order valence-electron chi connectivity index (χ2n) is 4.43. The van der Waals surface area contributed by atoms with Gasteiger partial charge >= 0.3 is 5.97 Å². The largest absolute Gasteiger partial charge is 0.489 e. The molecular formula is C14H11BrO4S. The van der Waals surface area contributed by atoms with Crippen LogP contribution in [0.4, 0.5) is 0 Å². The second-order valence-corrected chi connectivity index (χ2v) is 6.37. The third-order valence-electron chi connectivity index (χ3n) is 2.97. The number of carboxylic acid groups (broad SMARTS) is 1. The first kappa shape index (κ1) is 13.6. The van der Waals surface area contributed by atoms with Crippen LogP contribution in [0.1, 0.15) is 16.1 Å². The minimum Gasteiger partial charge on any atom is -0.489 e. The molecule has 1 atom stereocenters. The molecule has 0 radical (unpaired) electrons. The molecule has 1 unspecified atom stereocenters. The predicted molar refractivity (Wildman–Crippen MR) is 78.7 cm³/mol. The zero-order valence-electron chi connectivity index (χ0n) is 10.3. The van der Waals surface area contributed by atoms with Crippen molar-refractivity contribution in [2.45, 2.75) is 17.6 Å². The van der Waals surface area contributed by atoms with E-state index in [1.165, 1.54) is 23.4 Å². The SMILES string of the molecule is O=C(O)c1ccc(SCC2Cc3cc(Br)ccc3O2)o1. The summed E-state index contributed by atoms with van der Waals surface area (Å²) in [5.74, 6) is 0.557. The molecule has 1 aliphatic heterocycles. The Hall–Kier alpha value is -1.40. The fourth-order valence-electron chi connectivity index (χ4n) is 2.07. The van der Waals surface area contributed by atoms with E-state index in [9.17, 15) is 4.79 Å². The summed E-state index contributed by atoms with van der Waals surface area (Å²) in [6.45, 7) is 0. The maximum atomic E-state index is 10.7. The third-order valence-corrected chi connectivity index (χ3v) is 4.50. The minimum absolute atomic E-state index is 0.0351. The zero-order valence-corrected chi connectivity index (χ0v) is 12.7. The molecule has 0 amide bonds. The molecule has 2 aromatic rings. The van der Waals surface area contributed by atoms with E-state index in [-0.39, 0.29) is 11.9 Å². The highest BCUT2D eigenvalue weighted by Gasteiger charge is 2.23. The van der Waals surface area contributed by atoms with Gasteiger partial charge in [-0.3, -0.25) is 0 Å². The van der Waals surface area contributed by atoms with Gasteiger partial charge < -0.3 is 14.3 Å². The number of ether oxygens (including phenoxy) is 1. The van der Waals surface area contributed by atoms with E-state index in [0.29, 0.717) is 5.09 Å². The van der Waals surface area contributed by atoms with Crippen LogP contribution in [0.25, 0.3) is 0 Å². The number of hydrogen-bond donors (Lipinski definition) is 1. The molecule has 4 nitrogen and oxygen atoms in total. The van der Waals surface area contributed by atoms with Crippen LogP contribution in [0.15, 0.2) is 44.3 Å². The van der Waals surface area contributed by atoms with E-state index in [1.807, 2.05) is 12.1 Å². The van der Waals surface area contributed by atoms with Gasteiger partial charge in [0.2, 0.25) is 5.76 Å². The lowest BCUT2D eigenvalue weighted by atomic mass is 10.1.